The van der Waals surface area contributed by atoms with Gasteiger partial charge in [-0.25, -0.2) is 4.79 Å². The molecule has 0 aliphatic heterocycles. The normalized spacial score (nSPS) is 9.68. The summed E-state index contributed by atoms with van der Waals surface area (Å²) in [5.41, 5.74) is 7.89. The SMILES string of the molecule is Cc1[nH]nc(NC(=O)Nc2ccc(C#N)cc2)c1N. The molecule has 0 atom stereocenters. The van der Waals surface area contributed by atoms with Crippen LogP contribution in [0.2, 0.25) is 0 Å². The number of aryl methyl sites for hydroxylation is 1. The van der Waals surface area contributed by atoms with Crippen molar-refractivity contribution in [3.63, 3.8) is 0 Å². The van der Waals surface area contributed by atoms with Crippen molar-refractivity contribution in [3.05, 3.63) is 35.5 Å². The molecule has 0 unspecified atom stereocenters. The lowest BCUT2D eigenvalue weighted by molar-refractivity contribution is 0.262. The molecular formula is C12H12N6O. The van der Waals surface area contributed by atoms with Gasteiger partial charge in [-0.05, 0) is 31.2 Å². The highest BCUT2D eigenvalue weighted by atomic mass is 16.2. The molecule has 2 aromatic rings. The van der Waals surface area contributed by atoms with Gasteiger partial charge >= 0.3 is 6.03 Å². The number of aromatic nitrogens is 2. The summed E-state index contributed by atoms with van der Waals surface area (Å²) < 4.78 is 0. The van der Waals surface area contributed by atoms with Crippen LogP contribution in [0.1, 0.15) is 11.3 Å². The number of carbonyl (C=O) groups excluding carboxylic acids is 1. The van der Waals surface area contributed by atoms with E-state index in [1.165, 1.54) is 0 Å². The Balaban J connectivity index is 2.01. The fourth-order valence-corrected chi connectivity index (χ4v) is 1.43. The minimum Gasteiger partial charge on any atom is -0.394 e. The number of nitriles is 1. The molecule has 0 aliphatic rings. The highest BCUT2D eigenvalue weighted by Gasteiger charge is 2.10. The minimum atomic E-state index is -0.456. The van der Waals surface area contributed by atoms with Crippen LogP contribution in [0.4, 0.5) is 22.0 Å². The number of urea groups is 1. The predicted molar refractivity (Wildman–Crippen MR) is 71.5 cm³/mol. The van der Waals surface area contributed by atoms with E-state index in [1.54, 1.807) is 31.2 Å². The molecule has 2 amide bonds. The van der Waals surface area contributed by atoms with Crippen LogP contribution in [0.3, 0.4) is 0 Å². The molecule has 0 saturated carbocycles. The van der Waals surface area contributed by atoms with Gasteiger partial charge in [0.2, 0.25) is 0 Å². The summed E-state index contributed by atoms with van der Waals surface area (Å²) in [5, 5.41) is 20.3. The second-order valence-corrected chi connectivity index (χ2v) is 3.88. The van der Waals surface area contributed by atoms with E-state index in [9.17, 15) is 4.79 Å². The molecule has 1 aromatic carbocycles. The van der Waals surface area contributed by atoms with Gasteiger partial charge in [0.15, 0.2) is 5.82 Å². The molecule has 5 N–H and O–H groups in total. The first-order valence-corrected chi connectivity index (χ1v) is 5.48. The Morgan fingerprint density at radius 2 is 2.05 bits per heavy atom. The largest absolute Gasteiger partial charge is 0.394 e. The van der Waals surface area contributed by atoms with Gasteiger partial charge in [-0.1, -0.05) is 0 Å². The summed E-state index contributed by atoms with van der Waals surface area (Å²) in [4.78, 5) is 11.7. The molecule has 1 aromatic heterocycles. The molecule has 0 saturated heterocycles. The van der Waals surface area contributed by atoms with E-state index in [0.717, 1.165) is 0 Å². The molecule has 96 valence electrons. The lowest BCUT2D eigenvalue weighted by Gasteiger charge is -2.06. The van der Waals surface area contributed by atoms with E-state index in [-0.39, 0.29) is 5.82 Å². The first-order valence-electron chi connectivity index (χ1n) is 5.48. The number of carbonyl (C=O) groups is 1. The van der Waals surface area contributed by atoms with Gasteiger partial charge in [-0.3, -0.25) is 10.4 Å². The van der Waals surface area contributed by atoms with Crippen molar-refractivity contribution < 1.29 is 4.79 Å². The summed E-state index contributed by atoms with van der Waals surface area (Å²) in [6.45, 7) is 1.76. The molecule has 19 heavy (non-hydrogen) atoms. The fraction of sp³-hybridized carbons (Fsp3) is 0.0833. The number of aromatic amines is 1. The van der Waals surface area contributed by atoms with Gasteiger partial charge in [-0.2, -0.15) is 10.4 Å². The van der Waals surface area contributed by atoms with Crippen LogP contribution >= 0.6 is 0 Å². The average Bonchev–Trinajstić information content (AvgIpc) is 2.71. The number of nitrogens with one attached hydrogen (secondary N) is 3. The first kappa shape index (κ1) is 12.4. The van der Waals surface area contributed by atoms with Crippen LogP contribution in [0, 0.1) is 18.3 Å². The Hall–Kier alpha value is -3.01. The third kappa shape index (κ3) is 2.81. The van der Waals surface area contributed by atoms with Crippen molar-refractivity contribution >= 4 is 23.2 Å². The molecule has 0 bridgehead atoms. The van der Waals surface area contributed by atoms with Crippen molar-refractivity contribution in [1.29, 1.82) is 5.26 Å². The molecule has 1 heterocycles. The zero-order valence-electron chi connectivity index (χ0n) is 10.2. The summed E-state index contributed by atoms with van der Waals surface area (Å²) in [7, 11) is 0. The summed E-state index contributed by atoms with van der Waals surface area (Å²) in [5.74, 6) is 0.281. The van der Waals surface area contributed by atoms with E-state index < -0.39 is 6.03 Å². The quantitative estimate of drug-likeness (QED) is 0.655. The van der Waals surface area contributed by atoms with Crippen molar-refractivity contribution in [2.45, 2.75) is 6.92 Å². The average molecular weight is 256 g/mol. The smallest absolute Gasteiger partial charge is 0.324 e. The number of amides is 2. The van der Waals surface area contributed by atoms with E-state index >= 15 is 0 Å². The van der Waals surface area contributed by atoms with Gasteiger partial charge in [0, 0.05) is 5.69 Å². The number of H-pyrrole nitrogens is 1. The van der Waals surface area contributed by atoms with E-state index in [1.807, 2.05) is 6.07 Å². The van der Waals surface area contributed by atoms with Crippen LogP contribution < -0.4 is 16.4 Å². The van der Waals surface area contributed by atoms with E-state index in [4.69, 9.17) is 11.0 Å². The predicted octanol–water partition coefficient (Wildman–Crippen LogP) is 1.82. The third-order valence-electron chi connectivity index (χ3n) is 2.50. The van der Waals surface area contributed by atoms with Gasteiger partial charge < -0.3 is 11.1 Å². The Labute approximate surface area is 109 Å². The number of rotatable bonds is 2. The maximum absolute atomic E-state index is 11.7. The maximum Gasteiger partial charge on any atom is 0.324 e. The van der Waals surface area contributed by atoms with Gasteiger partial charge in [0.1, 0.15) is 0 Å². The van der Waals surface area contributed by atoms with E-state index in [0.29, 0.717) is 22.6 Å². The van der Waals surface area contributed by atoms with Crippen LogP contribution in [-0.4, -0.2) is 16.2 Å². The Bertz CT molecular complexity index is 637. The lowest BCUT2D eigenvalue weighted by Crippen LogP contribution is -2.20. The number of nitrogens with zero attached hydrogens (tertiary/aromatic N) is 2. The van der Waals surface area contributed by atoms with Gasteiger partial charge in [0.05, 0.1) is 23.0 Å². The number of hydrogen-bond acceptors (Lipinski definition) is 4. The molecule has 0 radical (unpaired) electrons. The molecular weight excluding hydrogens is 244 g/mol. The lowest BCUT2D eigenvalue weighted by atomic mass is 10.2. The number of benzene rings is 1. The Kier molecular flexibility index (Phi) is 3.34. The maximum atomic E-state index is 11.7. The minimum absolute atomic E-state index is 0.281. The highest BCUT2D eigenvalue weighted by molar-refractivity contribution is 6.00. The summed E-state index contributed by atoms with van der Waals surface area (Å²) >= 11 is 0. The fourth-order valence-electron chi connectivity index (χ4n) is 1.43. The zero-order valence-corrected chi connectivity index (χ0v) is 10.2. The molecule has 0 fully saturated rings. The summed E-state index contributed by atoms with van der Waals surface area (Å²) in [6, 6.07) is 8.04. The van der Waals surface area contributed by atoms with Crippen molar-refractivity contribution in [3.8, 4) is 6.07 Å². The number of nitrogen functional groups attached to an aromatic ring is 1. The topological polar surface area (TPSA) is 120 Å². The Morgan fingerprint density at radius 1 is 1.37 bits per heavy atom. The molecule has 0 aliphatic carbocycles. The molecule has 7 heteroatoms. The standard InChI is InChI=1S/C12H12N6O/c1-7-10(14)11(18-17-7)16-12(19)15-9-4-2-8(6-13)3-5-9/h2-5H,14H2,1H3,(H3,15,16,17,18,19). The second kappa shape index (κ2) is 5.10. The number of hydrogen-bond donors (Lipinski definition) is 4. The molecule has 2 rings (SSSR count). The second-order valence-electron chi connectivity index (χ2n) is 3.88. The van der Waals surface area contributed by atoms with Gasteiger partial charge in [0.25, 0.3) is 0 Å². The van der Waals surface area contributed by atoms with Crippen molar-refractivity contribution in [2.24, 2.45) is 0 Å². The number of anilines is 3. The highest BCUT2D eigenvalue weighted by Crippen LogP contribution is 2.18. The van der Waals surface area contributed by atoms with Crippen molar-refractivity contribution in [1.82, 2.24) is 10.2 Å². The van der Waals surface area contributed by atoms with E-state index in [2.05, 4.69) is 20.8 Å². The van der Waals surface area contributed by atoms with Crippen LogP contribution in [-0.2, 0) is 0 Å². The summed E-state index contributed by atoms with van der Waals surface area (Å²) in [6.07, 6.45) is 0. The van der Waals surface area contributed by atoms with Gasteiger partial charge in [-0.15, -0.1) is 0 Å². The van der Waals surface area contributed by atoms with Crippen molar-refractivity contribution in [2.75, 3.05) is 16.4 Å². The van der Waals surface area contributed by atoms with Crippen LogP contribution in [0.5, 0.6) is 0 Å². The number of nitrogens with two attached hydrogens (primary N) is 1. The zero-order chi connectivity index (χ0) is 13.8. The van der Waals surface area contributed by atoms with Crippen LogP contribution in [0.15, 0.2) is 24.3 Å². The monoisotopic (exact) mass is 256 g/mol. The first-order chi connectivity index (χ1) is 9.10. The molecule has 0 spiro atoms. The molecule has 7 nitrogen and oxygen atoms in total. The van der Waals surface area contributed by atoms with Crippen LogP contribution in [0.25, 0.3) is 0 Å². The third-order valence-corrected chi connectivity index (χ3v) is 2.50. The Morgan fingerprint density at radius 3 is 2.58 bits per heavy atom.